The topological polar surface area (TPSA) is 72.8 Å². The van der Waals surface area contributed by atoms with Crippen LogP contribution in [0.15, 0.2) is 42.5 Å². The molecule has 0 heterocycles. The van der Waals surface area contributed by atoms with E-state index in [-0.39, 0.29) is 19.4 Å². The first-order valence-electron chi connectivity index (χ1n) is 10.8. The van der Waals surface area contributed by atoms with Crippen molar-refractivity contribution >= 4 is 18.0 Å². The number of fused-ring (bicyclic) bond motifs is 2. The van der Waals surface area contributed by atoms with Gasteiger partial charge in [0.25, 0.3) is 0 Å². The van der Waals surface area contributed by atoms with Crippen LogP contribution < -0.4 is 0 Å². The largest absolute Gasteiger partial charge is 0.462 e. The third-order valence-corrected chi connectivity index (χ3v) is 5.75. The Hall–Kier alpha value is -2.92. The van der Waals surface area contributed by atoms with Gasteiger partial charge in [-0.25, -0.2) is 9.59 Å². The molecule has 172 valence electrons. The van der Waals surface area contributed by atoms with E-state index in [9.17, 15) is 14.7 Å². The normalized spacial score (nSPS) is 19.7. The maximum atomic E-state index is 11.7. The quantitative estimate of drug-likeness (QED) is 0.590. The van der Waals surface area contributed by atoms with Crippen molar-refractivity contribution in [1.82, 2.24) is 0 Å². The highest BCUT2D eigenvalue weighted by Crippen LogP contribution is 2.41. The van der Waals surface area contributed by atoms with Gasteiger partial charge in [-0.3, -0.25) is 0 Å². The molecule has 4 rings (SSSR count). The molecule has 1 N–H and O–H groups in total. The summed E-state index contributed by atoms with van der Waals surface area (Å²) in [6, 6.07) is 11.3. The van der Waals surface area contributed by atoms with Gasteiger partial charge in [0.15, 0.2) is 0 Å². The minimum atomic E-state index is -0.536. The number of hydrogen-bond donors (Lipinski definition) is 1. The third kappa shape index (κ3) is 5.10. The number of aliphatic hydroxyl groups is 1. The Bertz CT molecular complexity index is 992. The molecular weight excluding hydrogens is 404 g/mol. The fourth-order valence-corrected chi connectivity index (χ4v) is 4.25. The lowest BCUT2D eigenvalue weighted by atomic mass is 9.99. The van der Waals surface area contributed by atoms with Crippen LogP contribution in [-0.4, -0.2) is 30.3 Å². The van der Waals surface area contributed by atoms with Gasteiger partial charge in [0.1, 0.15) is 0 Å². The van der Waals surface area contributed by atoms with Gasteiger partial charge >= 0.3 is 11.9 Å². The van der Waals surface area contributed by atoms with E-state index >= 15 is 0 Å². The van der Waals surface area contributed by atoms with Crippen molar-refractivity contribution in [2.24, 2.45) is 0 Å². The second-order valence-corrected chi connectivity index (χ2v) is 7.86. The fraction of sp³-hybridized carbons (Fsp3) is 0.407. The van der Waals surface area contributed by atoms with Gasteiger partial charge in [-0.15, -0.1) is 0 Å². The van der Waals surface area contributed by atoms with Gasteiger partial charge in [-0.1, -0.05) is 57.7 Å². The third-order valence-electron chi connectivity index (χ3n) is 5.75. The predicted octanol–water partition coefficient (Wildman–Crippen LogP) is 6.03. The Kier molecular flexibility index (Phi) is 8.79. The summed E-state index contributed by atoms with van der Waals surface area (Å²) in [5, 5.41) is 9.94. The van der Waals surface area contributed by atoms with Gasteiger partial charge in [-0.05, 0) is 66.5 Å². The Morgan fingerprint density at radius 3 is 2.12 bits per heavy atom. The van der Waals surface area contributed by atoms with Gasteiger partial charge in [0.2, 0.25) is 0 Å². The first-order chi connectivity index (χ1) is 14.9. The van der Waals surface area contributed by atoms with Crippen LogP contribution >= 0.6 is 0 Å². The molecule has 32 heavy (non-hydrogen) atoms. The van der Waals surface area contributed by atoms with Crippen LogP contribution in [0.4, 0.5) is 0 Å². The minimum Gasteiger partial charge on any atom is -0.462 e. The van der Waals surface area contributed by atoms with E-state index in [1.807, 2.05) is 37.3 Å². The van der Waals surface area contributed by atoms with Gasteiger partial charge in [0, 0.05) is 0 Å². The van der Waals surface area contributed by atoms with Crippen molar-refractivity contribution in [3.63, 3.8) is 0 Å². The molecule has 0 radical (unpaired) electrons. The fourth-order valence-electron chi connectivity index (χ4n) is 4.25. The first kappa shape index (κ1) is 25.3. The lowest BCUT2D eigenvalue weighted by molar-refractivity contribution is 0.0513. The van der Waals surface area contributed by atoms with E-state index in [1.54, 1.807) is 13.0 Å². The summed E-state index contributed by atoms with van der Waals surface area (Å²) in [4.78, 5) is 23.4. The molecule has 2 aliphatic rings. The molecule has 0 saturated carbocycles. The van der Waals surface area contributed by atoms with Crippen LogP contribution in [0.2, 0.25) is 0 Å². The van der Waals surface area contributed by atoms with Crippen molar-refractivity contribution in [1.29, 1.82) is 0 Å². The Labute approximate surface area is 191 Å². The van der Waals surface area contributed by atoms with Crippen LogP contribution in [0.3, 0.4) is 0 Å². The summed E-state index contributed by atoms with van der Waals surface area (Å²) in [5.74, 6) is 0.134. The molecule has 0 saturated heterocycles. The number of carbonyl (C=O) groups excluding carboxylic acids is 2. The molecule has 5 heteroatoms. The molecule has 3 unspecified atom stereocenters. The van der Waals surface area contributed by atoms with Crippen LogP contribution in [0.1, 0.15) is 102 Å². The smallest absolute Gasteiger partial charge is 0.338 e. The van der Waals surface area contributed by atoms with Gasteiger partial charge in [0.05, 0.1) is 30.4 Å². The second-order valence-electron chi connectivity index (χ2n) is 7.86. The number of aliphatic hydroxyl groups excluding tert-OH is 1. The molecule has 0 spiro atoms. The van der Waals surface area contributed by atoms with Gasteiger partial charge in [-0.2, -0.15) is 0 Å². The molecule has 0 bridgehead atoms. The summed E-state index contributed by atoms with van der Waals surface area (Å²) in [7, 11) is 0. The summed E-state index contributed by atoms with van der Waals surface area (Å²) in [6.45, 7) is 8.55. The van der Waals surface area contributed by atoms with E-state index < -0.39 is 6.10 Å². The zero-order valence-electron chi connectivity index (χ0n) is 18.6. The van der Waals surface area contributed by atoms with Crippen molar-refractivity contribution in [3.05, 3.63) is 75.9 Å². The standard InChI is InChI=1S/C13H16O3.C13H14O2.CH4/c1-3-16-13(15)10-6-4-5-9-8(2)7-11(14)12(9)10;1-3-15-13(14)12-6-4-5-10-9(2)7-8-11(10)12;/h4-6,8,11,14H,3,7H2,1-2H3;4-9H,3H2,1-2H3;1H4. The molecule has 2 aromatic rings. The number of allylic oxidation sites excluding steroid dienone is 1. The van der Waals surface area contributed by atoms with Crippen LogP contribution in [0.5, 0.6) is 0 Å². The van der Waals surface area contributed by atoms with Crippen molar-refractivity contribution in [2.75, 3.05) is 13.2 Å². The average molecular weight is 439 g/mol. The molecular formula is C27H34O5. The molecule has 5 nitrogen and oxygen atoms in total. The SMILES string of the molecule is C.CCOC(=O)c1cccc2c1C(O)CC2C.CCOC(=O)c1cccc2c1C=CC2C. The van der Waals surface area contributed by atoms with Crippen molar-refractivity contribution in [3.8, 4) is 0 Å². The number of carbonyl (C=O) groups is 2. The van der Waals surface area contributed by atoms with Gasteiger partial charge < -0.3 is 14.6 Å². The Morgan fingerprint density at radius 1 is 0.938 bits per heavy atom. The molecule has 2 aliphatic carbocycles. The molecule has 0 fully saturated rings. The van der Waals surface area contributed by atoms with Crippen LogP contribution in [0.25, 0.3) is 6.08 Å². The number of benzene rings is 2. The summed E-state index contributed by atoms with van der Waals surface area (Å²) < 4.78 is 10.0. The van der Waals surface area contributed by atoms with E-state index in [4.69, 9.17) is 9.47 Å². The van der Waals surface area contributed by atoms with Crippen LogP contribution in [0, 0.1) is 0 Å². The summed E-state index contributed by atoms with van der Waals surface area (Å²) in [5.41, 5.74) is 5.24. The summed E-state index contributed by atoms with van der Waals surface area (Å²) >= 11 is 0. The second kappa shape index (κ2) is 11.1. The average Bonchev–Trinajstić information content (AvgIpc) is 3.28. The maximum absolute atomic E-state index is 11.7. The molecule has 0 aliphatic heterocycles. The lowest BCUT2D eigenvalue weighted by Crippen LogP contribution is -2.09. The van der Waals surface area contributed by atoms with E-state index in [0.717, 1.165) is 16.7 Å². The van der Waals surface area contributed by atoms with Crippen LogP contribution in [-0.2, 0) is 9.47 Å². The highest BCUT2D eigenvalue weighted by molar-refractivity contribution is 5.95. The Balaban J connectivity index is 0.000000220. The highest BCUT2D eigenvalue weighted by atomic mass is 16.5. The van der Waals surface area contributed by atoms with E-state index in [1.165, 1.54) is 5.56 Å². The zero-order valence-corrected chi connectivity index (χ0v) is 18.6. The lowest BCUT2D eigenvalue weighted by Gasteiger charge is -2.10. The zero-order chi connectivity index (χ0) is 22.5. The molecule has 0 amide bonds. The minimum absolute atomic E-state index is 0. The number of esters is 2. The van der Waals surface area contributed by atoms with Crippen molar-refractivity contribution < 1.29 is 24.2 Å². The van der Waals surface area contributed by atoms with E-state index in [2.05, 4.69) is 26.0 Å². The Morgan fingerprint density at radius 2 is 1.50 bits per heavy atom. The summed E-state index contributed by atoms with van der Waals surface area (Å²) in [6.07, 6.45) is 4.26. The first-order valence-corrected chi connectivity index (χ1v) is 10.8. The number of rotatable bonds is 4. The predicted molar refractivity (Wildman–Crippen MR) is 127 cm³/mol. The molecule has 2 aromatic carbocycles. The molecule has 0 aromatic heterocycles. The highest BCUT2D eigenvalue weighted by Gasteiger charge is 2.31. The number of ether oxygens (including phenoxy) is 2. The van der Waals surface area contributed by atoms with Crippen molar-refractivity contribution in [2.45, 2.75) is 59.5 Å². The monoisotopic (exact) mass is 438 g/mol. The van der Waals surface area contributed by atoms with E-state index in [0.29, 0.717) is 42.6 Å². The number of hydrogen-bond acceptors (Lipinski definition) is 5. The maximum Gasteiger partial charge on any atom is 0.338 e. The molecule has 3 atom stereocenters.